The Kier molecular flexibility index (Phi) is 4.80. The molecule has 1 saturated carbocycles. The van der Waals surface area contributed by atoms with Crippen molar-refractivity contribution in [2.75, 3.05) is 0 Å². The van der Waals surface area contributed by atoms with E-state index in [1.165, 1.54) is 24.3 Å². The van der Waals surface area contributed by atoms with Crippen molar-refractivity contribution in [1.82, 2.24) is 0 Å². The molecule has 0 saturated heterocycles. The van der Waals surface area contributed by atoms with Gasteiger partial charge in [0, 0.05) is 0 Å². The summed E-state index contributed by atoms with van der Waals surface area (Å²) in [6.07, 6.45) is 1.19. The number of aryl methyl sites for hydroxylation is 2. The zero-order valence-electron chi connectivity index (χ0n) is 15.1. The molecule has 0 heterocycles. The molecule has 2 unspecified atom stereocenters. The molecule has 2 aromatic rings. The molecular formula is C20H18F6O2. The van der Waals surface area contributed by atoms with Crippen LogP contribution in [-0.4, -0.2) is 23.6 Å². The van der Waals surface area contributed by atoms with Gasteiger partial charge in [-0.25, -0.2) is 0 Å². The first-order valence-electron chi connectivity index (χ1n) is 8.71. The molecule has 0 radical (unpaired) electrons. The molecule has 0 bridgehead atoms. The maximum Gasteiger partial charge on any atom is 0.395 e. The highest BCUT2D eigenvalue weighted by Gasteiger charge is 3.03. The van der Waals surface area contributed by atoms with E-state index in [1.54, 1.807) is 0 Å². The monoisotopic (exact) mass is 404 g/mol. The summed E-state index contributed by atoms with van der Waals surface area (Å²) >= 11 is 0. The van der Waals surface area contributed by atoms with Gasteiger partial charge in [-0.1, -0.05) is 38.1 Å². The summed E-state index contributed by atoms with van der Waals surface area (Å²) in [6, 6.07) is 10.1. The van der Waals surface area contributed by atoms with Crippen LogP contribution in [0, 0.1) is 0 Å². The number of halogens is 6. The number of benzene rings is 2. The van der Waals surface area contributed by atoms with E-state index in [2.05, 4.69) is 9.47 Å². The van der Waals surface area contributed by atoms with Crippen LogP contribution in [0.1, 0.15) is 25.0 Å². The predicted molar refractivity (Wildman–Crippen MR) is 90.5 cm³/mol. The zero-order valence-corrected chi connectivity index (χ0v) is 15.1. The van der Waals surface area contributed by atoms with Crippen LogP contribution in [0.15, 0.2) is 48.5 Å². The fourth-order valence-corrected chi connectivity index (χ4v) is 2.92. The van der Waals surface area contributed by atoms with Crippen LogP contribution in [-0.2, 0) is 12.8 Å². The third kappa shape index (κ3) is 2.64. The van der Waals surface area contributed by atoms with Gasteiger partial charge in [0.1, 0.15) is 11.5 Å². The predicted octanol–water partition coefficient (Wildman–Crippen LogP) is 5.89. The summed E-state index contributed by atoms with van der Waals surface area (Å²) in [4.78, 5) is 0. The number of ether oxygens (including phenoxy) is 2. The largest absolute Gasteiger partial charge is 0.447 e. The van der Waals surface area contributed by atoms with Crippen LogP contribution in [0.25, 0.3) is 0 Å². The van der Waals surface area contributed by atoms with Crippen molar-refractivity contribution in [2.45, 2.75) is 50.2 Å². The van der Waals surface area contributed by atoms with Crippen molar-refractivity contribution in [3.05, 3.63) is 59.7 Å². The Morgan fingerprint density at radius 2 is 0.857 bits per heavy atom. The van der Waals surface area contributed by atoms with Gasteiger partial charge in [-0.05, 0) is 48.2 Å². The van der Waals surface area contributed by atoms with Gasteiger partial charge in [-0.3, -0.25) is 0 Å². The average Bonchev–Trinajstić information content (AvgIpc) is 2.68. The van der Waals surface area contributed by atoms with Gasteiger partial charge in [-0.15, -0.1) is 0 Å². The van der Waals surface area contributed by atoms with Crippen molar-refractivity contribution in [3.63, 3.8) is 0 Å². The highest BCUT2D eigenvalue weighted by atomic mass is 19.3. The molecule has 0 spiro atoms. The highest BCUT2D eigenvalue weighted by molar-refractivity contribution is 5.35. The second-order valence-electron chi connectivity index (χ2n) is 6.54. The van der Waals surface area contributed by atoms with Crippen molar-refractivity contribution >= 4 is 0 Å². The van der Waals surface area contributed by atoms with E-state index in [1.807, 2.05) is 13.8 Å². The molecule has 0 N–H and O–H groups in total. The Labute approximate surface area is 158 Å². The molecular weight excluding hydrogens is 386 g/mol. The zero-order chi connectivity index (χ0) is 20.8. The van der Waals surface area contributed by atoms with Crippen LogP contribution < -0.4 is 9.47 Å². The SMILES string of the molecule is CCc1ccc(OC2(F)C(F)(F)C(F)(F)C2(F)Oc2ccc(CC)cc2)cc1. The van der Waals surface area contributed by atoms with Crippen molar-refractivity contribution in [3.8, 4) is 11.5 Å². The minimum absolute atomic E-state index is 0.526. The summed E-state index contributed by atoms with van der Waals surface area (Å²) in [5, 5.41) is 0. The first-order chi connectivity index (χ1) is 13.0. The third-order valence-electron chi connectivity index (χ3n) is 4.80. The second-order valence-corrected chi connectivity index (χ2v) is 6.54. The van der Waals surface area contributed by atoms with Crippen LogP contribution in [0.3, 0.4) is 0 Å². The molecule has 0 amide bonds. The first kappa shape index (κ1) is 20.4. The molecule has 1 aliphatic rings. The van der Waals surface area contributed by atoms with Crippen LogP contribution in [0.2, 0.25) is 0 Å². The standard InChI is InChI=1S/C20H18F6O2/c1-3-13-5-9-15(10-6-13)27-19(25)17(21,22)18(23,24)20(19,26)28-16-11-7-14(4-2)8-12-16/h5-12H,3-4H2,1-2H3. The molecule has 2 atom stereocenters. The molecule has 28 heavy (non-hydrogen) atoms. The van der Waals surface area contributed by atoms with Crippen molar-refractivity contribution in [2.24, 2.45) is 0 Å². The smallest absolute Gasteiger partial charge is 0.395 e. The summed E-state index contributed by atoms with van der Waals surface area (Å²) in [5.74, 6) is -21.4. The molecule has 152 valence electrons. The molecule has 1 aliphatic carbocycles. The maximum absolute atomic E-state index is 15.0. The molecule has 8 heteroatoms. The number of hydrogen-bond acceptors (Lipinski definition) is 2. The molecule has 3 rings (SSSR count). The Balaban J connectivity index is 1.95. The van der Waals surface area contributed by atoms with Gasteiger partial charge in [0.2, 0.25) is 0 Å². The third-order valence-corrected chi connectivity index (χ3v) is 4.80. The van der Waals surface area contributed by atoms with Crippen molar-refractivity contribution < 1.29 is 35.8 Å². The summed E-state index contributed by atoms with van der Waals surface area (Å²) < 4.78 is 94.6. The van der Waals surface area contributed by atoms with Crippen LogP contribution >= 0.6 is 0 Å². The van der Waals surface area contributed by atoms with E-state index < -0.39 is 35.1 Å². The van der Waals surface area contributed by atoms with E-state index in [4.69, 9.17) is 0 Å². The lowest BCUT2D eigenvalue weighted by Crippen LogP contribution is -2.89. The van der Waals surface area contributed by atoms with E-state index in [-0.39, 0.29) is 0 Å². The van der Waals surface area contributed by atoms with Gasteiger partial charge in [0.25, 0.3) is 0 Å². The molecule has 0 aromatic heterocycles. The highest BCUT2D eigenvalue weighted by Crippen LogP contribution is 2.68. The maximum atomic E-state index is 15.0. The quantitative estimate of drug-likeness (QED) is 0.560. The summed E-state index contributed by atoms with van der Waals surface area (Å²) in [5.41, 5.74) is 1.54. The normalized spacial score (nSPS) is 27.7. The minimum atomic E-state index is -5.44. The Morgan fingerprint density at radius 3 is 1.11 bits per heavy atom. The fourth-order valence-electron chi connectivity index (χ4n) is 2.92. The molecule has 1 fully saturated rings. The topological polar surface area (TPSA) is 18.5 Å². The van der Waals surface area contributed by atoms with E-state index in [0.29, 0.717) is 12.8 Å². The fraction of sp³-hybridized carbons (Fsp3) is 0.400. The lowest BCUT2D eigenvalue weighted by Gasteiger charge is -2.55. The van der Waals surface area contributed by atoms with Crippen LogP contribution in [0.5, 0.6) is 11.5 Å². The number of hydrogen-bond donors (Lipinski definition) is 0. The van der Waals surface area contributed by atoms with Crippen molar-refractivity contribution in [1.29, 1.82) is 0 Å². The summed E-state index contributed by atoms with van der Waals surface area (Å²) in [6.45, 7) is 3.63. The van der Waals surface area contributed by atoms with Gasteiger partial charge in [0.05, 0.1) is 0 Å². The van der Waals surface area contributed by atoms with E-state index >= 15 is 0 Å². The number of alkyl halides is 6. The Bertz CT molecular complexity index is 765. The Morgan fingerprint density at radius 1 is 0.571 bits per heavy atom. The minimum Gasteiger partial charge on any atom is -0.447 e. The second kappa shape index (κ2) is 6.60. The molecule has 0 aliphatic heterocycles. The lowest BCUT2D eigenvalue weighted by molar-refractivity contribution is -0.527. The first-order valence-corrected chi connectivity index (χ1v) is 8.71. The number of rotatable bonds is 6. The van der Waals surface area contributed by atoms with Gasteiger partial charge < -0.3 is 9.47 Å². The van der Waals surface area contributed by atoms with Gasteiger partial charge in [-0.2, -0.15) is 26.3 Å². The molecule has 2 nitrogen and oxygen atoms in total. The van der Waals surface area contributed by atoms with E-state index in [0.717, 1.165) is 35.4 Å². The average molecular weight is 404 g/mol. The van der Waals surface area contributed by atoms with E-state index in [9.17, 15) is 26.3 Å². The molecule has 2 aromatic carbocycles. The van der Waals surface area contributed by atoms with Crippen LogP contribution in [0.4, 0.5) is 26.3 Å². The summed E-state index contributed by atoms with van der Waals surface area (Å²) in [7, 11) is 0. The van der Waals surface area contributed by atoms with Gasteiger partial charge >= 0.3 is 23.6 Å². The lowest BCUT2D eigenvalue weighted by atomic mass is 9.76. The Hall–Kier alpha value is -2.38. The van der Waals surface area contributed by atoms with Gasteiger partial charge in [0.15, 0.2) is 0 Å².